The Morgan fingerprint density at radius 3 is 2.79 bits per heavy atom. The van der Waals surface area contributed by atoms with Crippen molar-refractivity contribution in [1.82, 2.24) is 29.9 Å². The zero-order valence-electron chi connectivity index (χ0n) is 18.2. The van der Waals surface area contributed by atoms with E-state index in [9.17, 15) is 9.59 Å². The fourth-order valence-electron chi connectivity index (χ4n) is 4.34. The molecule has 1 aliphatic heterocycles. The first-order valence-electron chi connectivity index (χ1n) is 10.9. The lowest BCUT2D eigenvalue weighted by Crippen LogP contribution is -2.40. The molecule has 0 bridgehead atoms. The number of hydrogen-bond donors (Lipinski definition) is 1. The van der Waals surface area contributed by atoms with Gasteiger partial charge in [0.25, 0.3) is 11.5 Å². The van der Waals surface area contributed by atoms with Gasteiger partial charge in [-0.1, -0.05) is 53.2 Å². The van der Waals surface area contributed by atoms with Gasteiger partial charge in [-0.15, -0.1) is 5.10 Å². The van der Waals surface area contributed by atoms with Gasteiger partial charge in [-0.05, 0) is 43.0 Å². The van der Waals surface area contributed by atoms with E-state index in [0.717, 1.165) is 24.0 Å². The van der Waals surface area contributed by atoms with E-state index in [1.54, 1.807) is 4.68 Å². The van der Waals surface area contributed by atoms with Crippen molar-refractivity contribution in [3.63, 3.8) is 0 Å². The molecule has 5 rings (SSSR count). The van der Waals surface area contributed by atoms with E-state index in [0.29, 0.717) is 41.7 Å². The first kappa shape index (κ1) is 21.3. The second kappa shape index (κ2) is 8.78. The minimum atomic E-state index is -0.331. The summed E-state index contributed by atoms with van der Waals surface area (Å²) in [6.45, 7) is 3.47. The van der Waals surface area contributed by atoms with Crippen molar-refractivity contribution in [3.05, 3.63) is 86.4 Å². The molecule has 168 valence electrons. The number of halogens is 1. The van der Waals surface area contributed by atoms with Crippen LogP contribution in [0.25, 0.3) is 11.2 Å². The predicted molar refractivity (Wildman–Crippen MR) is 126 cm³/mol. The maximum atomic E-state index is 13.1. The van der Waals surface area contributed by atoms with Gasteiger partial charge in [-0.25, -0.2) is 9.67 Å². The molecule has 1 atom stereocenters. The minimum Gasteiger partial charge on any atom is -0.338 e. The van der Waals surface area contributed by atoms with E-state index in [2.05, 4.69) is 15.3 Å². The second-order valence-corrected chi connectivity index (χ2v) is 8.77. The van der Waals surface area contributed by atoms with Gasteiger partial charge in [0, 0.05) is 29.6 Å². The van der Waals surface area contributed by atoms with Crippen LogP contribution < -0.4 is 5.56 Å². The Bertz CT molecular complexity index is 1400. The van der Waals surface area contributed by atoms with Gasteiger partial charge in [0.05, 0.1) is 6.54 Å². The van der Waals surface area contributed by atoms with Crippen LogP contribution in [-0.2, 0) is 6.54 Å². The fourth-order valence-corrected chi connectivity index (χ4v) is 4.53. The number of nitrogens with one attached hydrogen (secondary N) is 1. The number of fused-ring (bicyclic) bond motifs is 1. The lowest BCUT2D eigenvalue weighted by molar-refractivity contribution is 0.0704. The molecule has 3 heterocycles. The van der Waals surface area contributed by atoms with Gasteiger partial charge in [0.1, 0.15) is 5.82 Å². The topological polar surface area (TPSA) is 96.8 Å². The quantitative estimate of drug-likeness (QED) is 0.500. The number of aryl methyl sites for hydroxylation is 1. The molecular weight excluding hydrogens is 440 g/mol. The Morgan fingerprint density at radius 1 is 1.18 bits per heavy atom. The summed E-state index contributed by atoms with van der Waals surface area (Å²) in [5, 5.41) is 8.77. The highest BCUT2D eigenvalue weighted by Crippen LogP contribution is 2.26. The molecule has 0 saturated carbocycles. The van der Waals surface area contributed by atoms with Crippen molar-refractivity contribution in [2.45, 2.75) is 32.2 Å². The lowest BCUT2D eigenvalue weighted by Gasteiger charge is -2.32. The highest BCUT2D eigenvalue weighted by Gasteiger charge is 2.28. The molecule has 1 unspecified atom stereocenters. The van der Waals surface area contributed by atoms with Crippen LogP contribution in [0.1, 0.15) is 46.1 Å². The Morgan fingerprint density at radius 2 is 1.97 bits per heavy atom. The van der Waals surface area contributed by atoms with E-state index < -0.39 is 0 Å². The van der Waals surface area contributed by atoms with Crippen LogP contribution in [-0.4, -0.2) is 48.9 Å². The Hall–Kier alpha value is -3.52. The molecular formula is C24H23ClN6O2. The molecule has 8 nitrogen and oxygen atoms in total. The summed E-state index contributed by atoms with van der Waals surface area (Å²) in [7, 11) is 0. The number of H-pyrrole nitrogens is 1. The largest absolute Gasteiger partial charge is 0.338 e. The average Bonchev–Trinajstić information content (AvgIpc) is 3.24. The van der Waals surface area contributed by atoms with Crippen molar-refractivity contribution in [1.29, 1.82) is 0 Å². The Labute approximate surface area is 195 Å². The summed E-state index contributed by atoms with van der Waals surface area (Å²) < 4.78 is 1.59. The molecule has 1 fully saturated rings. The number of carbonyl (C=O) groups is 1. The number of nitrogens with zero attached hydrogens (tertiary/aromatic N) is 5. The SMILES string of the molecule is Cc1ccccc1C(=O)N1CCCC(c2nc3c(nnn3Cc3ccccc3Cl)c(=O)[nH]2)C1. The van der Waals surface area contributed by atoms with Crippen LogP contribution in [0.4, 0.5) is 0 Å². The molecule has 1 saturated heterocycles. The number of aromatic amines is 1. The van der Waals surface area contributed by atoms with Crippen LogP contribution in [0.5, 0.6) is 0 Å². The monoisotopic (exact) mass is 462 g/mol. The first-order valence-corrected chi connectivity index (χ1v) is 11.3. The van der Waals surface area contributed by atoms with Crippen molar-refractivity contribution in [2.75, 3.05) is 13.1 Å². The van der Waals surface area contributed by atoms with Crippen molar-refractivity contribution in [3.8, 4) is 0 Å². The summed E-state index contributed by atoms with van der Waals surface area (Å²) in [6, 6.07) is 15.1. The van der Waals surface area contributed by atoms with Gasteiger partial charge in [0.2, 0.25) is 0 Å². The maximum absolute atomic E-state index is 13.1. The third-order valence-electron chi connectivity index (χ3n) is 6.14. The molecule has 1 N–H and O–H groups in total. The van der Waals surface area contributed by atoms with Crippen molar-refractivity contribution in [2.24, 2.45) is 0 Å². The fraction of sp³-hybridized carbons (Fsp3) is 0.292. The number of rotatable bonds is 4. The van der Waals surface area contributed by atoms with Crippen LogP contribution in [0.2, 0.25) is 5.02 Å². The standard InChI is InChI=1S/C24H23ClN6O2/c1-15-7-2-4-10-18(15)24(33)30-12-6-9-17(13-30)21-26-22-20(23(32)27-21)28-29-31(22)14-16-8-3-5-11-19(16)25/h2-5,7-8,10-11,17H,6,9,12-14H2,1H3,(H,26,27,32). The normalized spacial score (nSPS) is 16.3. The zero-order valence-corrected chi connectivity index (χ0v) is 18.9. The molecule has 0 aliphatic carbocycles. The van der Waals surface area contributed by atoms with Crippen molar-refractivity contribution >= 4 is 28.7 Å². The van der Waals surface area contributed by atoms with E-state index in [4.69, 9.17) is 16.6 Å². The van der Waals surface area contributed by atoms with Crippen LogP contribution in [0.15, 0.2) is 53.3 Å². The molecule has 9 heteroatoms. The summed E-state index contributed by atoms with van der Waals surface area (Å²) in [5.74, 6) is 0.483. The Kier molecular flexibility index (Phi) is 5.68. The van der Waals surface area contributed by atoms with E-state index in [1.165, 1.54) is 0 Å². The molecule has 1 amide bonds. The number of benzene rings is 2. The van der Waals surface area contributed by atoms with Crippen LogP contribution in [0, 0.1) is 6.92 Å². The number of aromatic nitrogens is 5. The lowest BCUT2D eigenvalue weighted by atomic mass is 9.96. The summed E-state index contributed by atoms with van der Waals surface area (Å²) in [4.78, 5) is 35.3. The van der Waals surface area contributed by atoms with Gasteiger partial charge >= 0.3 is 0 Å². The second-order valence-electron chi connectivity index (χ2n) is 8.37. The minimum absolute atomic E-state index is 0.00616. The molecule has 2 aromatic heterocycles. The zero-order chi connectivity index (χ0) is 22.9. The smallest absolute Gasteiger partial charge is 0.281 e. The van der Waals surface area contributed by atoms with Gasteiger partial charge < -0.3 is 9.88 Å². The summed E-state index contributed by atoms with van der Waals surface area (Å²) >= 11 is 6.30. The summed E-state index contributed by atoms with van der Waals surface area (Å²) in [6.07, 6.45) is 1.67. The van der Waals surface area contributed by atoms with Crippen molar-refractivity contribution < 1.29 is 4.79 Å². The number of amides is 1. The summed E-state index contributed by atoms with van der Waals surface area (Å²) in [5.41, 5.74) is 2.79. The molecule has 1 aliphatic rings. The van der Waals surface area contributed by atoms with Crippen LogP contribution in [0.3, 0.4) is 0 Å². The molecule has 33 heavy (non-hydrogen) atoms. The number of likely N-dealkylation sites (tertiary alicyclic amines) is 1. The van der Waals surface area contributed by atoms with Crippen LogP contribution >= 0.6 is 11.6 Å². The van der Waals surface area contributed by atoms with Gasteiger partial charge in [-0.3, -0.25) is 9.59 Å². The third-order valence-corrected chi connectivity index (χ3v) is 6.51. The highest BCUT2D eigenvalue weighted by molar-refractivity contribution is 6.31. The number of piperidine rings is 1. The Balaban J connectivity index is 1.44. The van der Waals surface area contributed by atoms with Gasteiger partial charge in [-0.2, -0.15) is 0 Å². The average molecular weight is 463 g/mol. The van der Waals surface area contributed by atoms with E-state index in [1.807, 2.05) is 60.4 Å². The first-order chi connectivity index (χ1) is 16.0. The molecule has 0 spiro atoms. The maximum Gasteiger partial charge on any atom is 0.281 e. The molecule has 0 radical (unpaired) electrons. The number of carbonyl (C=O) groups excluding carboxylic acids is 1. The van der Waals surface area contributed by atoms with E-state index in [-0.39, 0.29) is 22.9 Å². The predicted octanol–water partition coefficient (Wildman–Crippen LogP) is 3.54. The molecule has 2 aromatic carbocycles. The third kappa shape index (κ3) is 4.14. The van der Waals surface area contributed by atoms with E-state index >= 15 is 0 Å². The highest BCUT2D eigenvalue weighted by atomic mass is 35.5. The molecule has 4 aromatic rings. The number of hydrogen-bond acceptors (Lipinski definition) is 5. The van der Waals surface area contributed by atoms with Gasteiger partial charge in [0.15, 0.2) is 11.2 Å².